The van der Waals surface area contributed by atoms with E-state index in [1.54, 1.807) is 18.4 Å². The summed E-state index contributed by atoms with van der Waals surface area (Å²) in [4.78, 5) is 20.1. The average Bonchev–Trinajstić information content (AvgIpc) is 3.44. The zero-order chi connectivity index (χ0) is 23.7. The molecule has 7 nitrogen and oxygen atoms in total. The van der Waals surface area contributed by atoms with Gasteiger partial charge in [0.25, 0.3) is 0 Å². The monoisotopic (exact) mass is 475 g/mol. The Morgan fingerprint density at radius 3 is 2.65 bits per heavy atom. The van der Waals surface area contributed by atoms with Crippen LogP contribution in [0.2, 0.25) is 0 Å². The van der Waals surface area contributed by atoms with Gasteiger partial charge in [0.05, 0.1) is 29.1 Å². The lowest BCUT2D eigenvalue weighted by Gasteiger charge is -2.31. The quantitative estimate of drug-likeness (QED) is 0.440. The van der Waals surface area contributed by atoms with E-state index in [0.29, 0.717) is 13.1 Å². The van der Waals surface area contributed by atoms with Gasteiger partial charge >= 0.3 is 0 Å². The molecule has 176 valence electrons. The number of nitrogens with one attached hydrogen (secondary N) is 1. The molecule has 1 aliphatic heterocycles. The van der Waals surface area contributed by atoms with Crippen LogP contribution in [0.15, 0.2) is 48.5 Å². The third kappa shape index (κ3) is 4.50. The fourth-order valence-corrected chi connectivity index (χ4v) is 5.39. The van der Waals surface area contributed by atoms with Crippen molar-refractivity contribution in [2.45, 2.75) is 33.2 Å². The van der Waals surface area contributed by atoms with Gasteiger partial charge in [-0.1, -0.05) is 41.2 Å². The minimum atomic E-state index is -0.0475. The highest BCUT2D eigenvalue weighted by Crippen LogP contribution is 2.34. The molecule has 1 fully saturated rings. The predicted molar refractivity (Wildman–Crippen MR) is 136 cm³/mol. The van der Waals surface area contributed by atoms with Gasteiger partial charge in [-0.2, -0.15) is 10.1 Å². The summed E-state index contributed by atoms with van der Waals surface area (Å²) in [6, 6.07) is 16.1. The molecule has 0 aliphatic carbocycles. The molecule has 1 amide bonds. The number of hydrogen-bond acceptors (Lipinski definition) is 6. The number of hydrogen-bond donors (Lipinski definition) is 1. The predicted octanol–water partition coefficient (Wildman–Crippen LogP) is 4.64. The van der Waals surface area contributed by atoms with Gasteiger partial charge in [0.1, 0.15) is 5.75 Å². The highest BCUT2D eigenvalue weighted by Gasteiger charge is 2.28. The minimum Gasteiger partial charge on any atom is -0.497 e. The van der Waals surface area contributed by atoms with Crippen molar-refractivity contribution in [1.82, 2.24) is 20.1 Å². The Morgan fingerprint density at radius 1 is 1.15 bits per heavy atom. The van der Waals surface area contributed by atoms with Crippen LogP contribution in [0, 0.1) is 19.8 Å². The van der Waals surface area contributed by atoms with Crippen molar-refractivity contribution >= 4 is 32.7 Å². The number of rotatable bonds is 6. The van der Waals surface area contributed by atoms with Crippen LogP contribution < -0.4 is 15.0 Å². The van der Waals surface area contributed by atoms with Crippen molar-refractivity contribution in [3.63, 3.8) is 0 Å². The van der Waals surface area contributed by atoms with E-state index in [4.69, 9.17) is 14.8 Å². The largest absolute Gasteiger partial charge is 0.497 e. The van der Waals surface area contributed by atoms with Crippen molar-refractivity contribution in [1.29, 1.82) is 0 Å². The maximum Gasteiger partial charge on any atom is 0.225 e. The minimum absolute atomic E-state index is 0.0475. The standard InChI is InChI=1S/C26H29N5O2S/c1-17-6-10-21(11-7-17)31-24-23(18(2)29-31)34-26(28-24)30-14-4-5-20(16-30)25(32)27-15-19-8-12-22(33-3)13-9-19/h6-13,20H,4-5,14-16H2,1-3H3,(H,27,32). The van der Waals surface area contributed by atoms with Gasteiger partial charge in [-0.15, -0.1) is 0 Å². The van der Waals surface area contributed by atoms with E-state index in [-0.39, 0.29) is 11.8 Å². The highest BCUT2D eigenvalue weighted by molar-refractivity contribution is 7.22. The van der Waals surface area contributed by atoms with Crippen molar-refractivity contribution < 1.29 is 9.53 Å². The number of nitrogens with zero attached hydrogens (tertiary/aromatic N) is 4. The summed E-state index contributed by atoms with van der Waals surface area (Å²) in [5.74, 6) is 0.868. The van der Waals surface area contributed by atoms with E-state index in [0.717, 1.165) is 57.6 Å². The van der Waals surface area contributed by atoms with Crippen LogP contribution in [0.3, 0.4) is 0 Å². The maximum absolute atomic E-state index is 12.9. The average molecular weight is 476 g/mol. The first-order chi connectivity index (χ1) is 16.5. The molecule has 2 aromatic heterocycles. The van der Waals surface area contributed by atoms with Gasteiger partial charge in [0, 0.05) is 19.6 Å². The molecule has 3 heterocycles. The lowest BCUT2D eigenvalue weighted by Crippen LogP contribution is -2.43. The van der Waals surface area contributed by atoms with Gasteiger partial charge < -0.3 is 15.0 Å². The van der Waals surface area contributed by atoms with Gasteiger partial charge in [0.2, 0.25) is 5.91 Å². The van der Waals surface area contributed by atoms with Crippen molar-refractivity contribution in [3.8, 4) is 11.4 Å². The number of amides is 1. The first kappa shape index (κ1) is 22.4. The van der Waals surface area contributed by atoms with Gasteiger partial charge in [-0.05, 0) is 56.5 Å². The molecule has 1 atom stereocenters. The van der Waals surface area contributed by atoms with Crippen LogP contribution in [0.4, 0.5) is 5.13 Å². The number of carbonyl (C=O) groups excluding carboxylic acids is 1. The third-order valence-corrected chi connectivity index (χ3v) is 7.56. The number of methoxy groups -OCH3 is 1. The van der Waals surface area contributed by atoms with E-state index in [9.17, 15) is 4.79 Å². The molecular formula is C26H29N5O2S. The smallest absolute Gasteiger partial charge is 0.225 e. The SMILES string of the molecule is COc1ccc(CNC(=O)C2CCCN(c3nc4c(s3)c(C)nn4-c3ccc(C)cc3)C2)cc1. The molecular weight excluding hydrogens is 446 g/mol. The number of anilines is 1. The van der Waals surface area contributed by atoms with Gasteiger partial charge in [-0.25, -0.2) is 4.68 Å². The second kappa shape index (κ2) is 9.46. The molecule has 1 N–H and O–H groups in total. The Morgan fingerprint density at radius 2 is 1.91 bits per heavy atom. The molecule has 1 unspecified atom stereocenters. The summed E-state index contributed by atoms with van der Waals surface area (Å²) >= 11 is 1.66. The number of aromatic nitrogens is 3. The molecule has 0 spiro atoms. The molecule has 0 bridgehead atoms. The third-order valence-electron chi connectivity index (χ3n) is 6.34. The Hall–Kier alpha value is -3.39. The Balaban J connectivity index is 1.29. The Bertz CT molecular complexity index is 1290. The summed E-state index contributed by atoms with van der Waals surface area (Å²) in [5.41, 5.74) is 5.14. The van der Waals surface area contributed by atoms with Crippen molar-refractivity contribution in [3.05, 3.63) is 65.4 Å². The summed E-state index contributed by atoms with van der Waals surface area (Å²) in [6.45, 7) is 6.22. The lowest BCUT2D eigenvalue weighted by atomic mass is 9.97. The molecule has 4 aromatic rings. The van der Waals surface area contributed by atoms with Crippen LogP contribution >= 0.6 is 11.3 Å². The Kier molecular flexibility index (Phi) is 6.24. The zero-order valence-electron chi connectivity index (χ0n) is 19.7. The first-order valence-electron chi connectivity index (χ1n) is 11.6. The summed E-state index contributed by atoms with van der Waals surface area (Å²) in [6.07, 6.45) is 1.87. The molecule has 5 rings (SSSR count). The molecule has 8 heteroatoms. The van der Waals surface area contributed by atoms with E-state index >= 15 is 0 Å². The van der Waals surface area contributed by atoms with Crippen LogP contribution in [-0.2, 0) is 11.3 Å². The van der Waals surface area contributed by atoms with Crippen LogP contribution in [0.25, 0.3) is 16.0 Å². The molecule has 0 saturated carbocycles. The summed E-state index contributed by atoms with van der Waals surface area (Å²) in [5, 5.41) is 8.79. The van der Waals surface area contributed by atoms with Crippen LogP contribution in [0.1, 0.15) is 29.7 Å². The van der Waals surface area contributed by atoms with E-state index in [2.05, 4.69) is 41.4 Å². The molecule has 2 aromatic carbocycles. The number of ether oxygens (including phenoxy) is 1. The van der Waals surface area contributed by atoms with E-state index in [1.807, 2.05) is 35.9 Å². The number of carbonyl (C=O) groups is 1. The topological polar surface area (TPSA) is 72.3 Å². The second-order valence-electron chi connectivity index (χ2n) is 8.83. The van der Waals surface area contributed by atoms with Crippen LogP contribution in [-0.4, -0.2) is 40.9 Å². The molecule has 1 saturated heterocycles. The van der Waals surface area contributed by atoms with E-state index < -0.39 is 0 Å². The fourth-order valence-electron chi connectivity index (χ4n) is 4.37. The van der Waals surface area contributed by atoms with Crippen molar-refractivity contribution in [2.24, 2.45) is 5.92 Å². The molecule has 0 radical (unpaired) electrons. The Labute approximate surface area is 203 Å². The van der Waals surface area contributed by atoms with Gasteiger partial charge in [-0.3, -0.25) is 4.79 Å². The lowest BCUT2D eigenvalue weighted by molar-refractivity contribution is -0.125. The van der Waals surface area contributed by atoms with Gasteiger partial charge in [0.15, 0.2) is 10.8 Å². The summed E-state index contributed by atoms with van der Waals surface area (Å²) in [7, 11) is 1.65. The number of piperidine rings is 1. The second-order valence-corrected chi connectivity index (χ2v) is 9.81. The molecule has 1 aliphatic rings. The first-order valence-corrected chi connectivity index (χ1v) is 12.4. The van der Waals surface area contributed by atoms with Crippen molar-refractivity contribution in [2.75, 3.05) is 25.1 Å². The number of thiazole rings is 1. The number of benzene rings is 2. The zero-order valence-corrected chi connectivity index (χ0v) is 20.6. The van der Waals surface area contributed by atoms with E-state index in [1.165, 1.54) is 5.56 Å². The van der Waals surface area contributed by atoms with Crippen LogP contribution in [0.5, 0.6) is 5.75 Å². The fraction of sp³-hybridized carbons (Fsp3) is 0.346. The number of fused-ring (bicyclic) bond motifs is 1. The number of aryl methyl sites for hydroxylation is 2. The molecule has 34 heavy (non-hydrogen) atoms. The summed E-state index contributed by atoms with van der Waals surface area (Å²) < 4.78 is 8.22. The normalized spacial score (nSPS) is 16.1. The highest BCUT2D eigenvalue weighted by atomic mass is 32.1. The maximum atomic E-state index is 12.9.